The normalized spacial score (nSPS) is 12.4. The van der Waals surface area contributed by atoms with Gasteiger partial charge in [0.1, 0.15) is 0 Å². The first-order valence-corrected chi connectivity index (χ1v) is 6.99. The van der Waals surface area contributed by atoms with Crippen LogP contribution >= 0.6 is 11.6 Å². The van der Waals surface area contributed by atoms with E-state index in [1.807, 2.05) is 26.1 Å². The van der Waals surface area contributed by atoms with Crippen molar-refractivity contribution >= 4 is 23.3 Å². The van der Waals surface area contributed by atoms with Crippen molar-refractivity contribution in [2.45, 2.75) is 40.2 Å². The lowest BCUT2D eigenvalue weighted by atomic mass is 10.0. The number of amides is 2. The van der Waals surface area contributed by atoms with Gasteiger partial charge in [-0.25, -0.2) is 4.79 Å². The van der Waals surface area contributed by atoms with Crippen LogP contribution in [0.2, 0.25) is 5.02 Å². The van der Waals surface area contributed by atoms with Crippen LogP contribution in [0, 0.1) is 12.8 Å². The molecule has 2 amide bonds. The predicted octanol–water partition coefficient (Wildman–Crippen LogP) is 4.55. The minimum Gasteiger partial charge on any atom is -0.325 e. The Morgan fingerprint density at radius 3 is 2.58 bits per heavy atom. The van der Waals surface area contributed by atoms with Crippen molar-refractivity contribution in [1.29, 1.82) is 0 Å². The standard InChI is InChI=1S/C15H23ClN2O/c1-10(2)8-12(4)18(5)15(19)17-14-9-13(16)7-6-11(14)3/h6-7,9-10,12H,8H2,1-5H3,(H,17,19). The van der Waals surface area contributed by atoms with Crippen LogP contribution in [0.25, 0.3) is 0 Å². The number of rotatable bonds is 4. The van der Waals surface area contributed by atoms with Gasteiger partial charge in [-0.05, 0) is 43.9 Å². The number of hydrogen-bond acceptors (Lipinski definition) is 1. The average Bonchev–Trinajstić information content (AvgIpc) is 2.31. The number of aryl methyl sites for hydroxylation is 1. The van der Waals surface area contributed by atoms with Crippen LogP contribution in [0.4, 0.5) is 10.5 Å². The molecule has 3 nitrogen and oxygen atoms in total. The topological polar surface area (TPSA) is 32.3 Å². The molecule has 1 N–H and O–H groups in total. The van der Waals surface area contributed by atoms with Crippen LogP contribution in [-0.4, -0.2) is 24.0 Å². The van der Waals surface area contributed by atoms with Gasteiger partial charge in [-0.15, -0.1) is 0 Å². The third kappa shape index (κ3) is 4.75. The molecule has 0 saturated carbocycles. The van der Waals surface area contributed by atoms with E-state index < -0.39 is 0 Å². The molecule has 4 heteroatoms. The molecule has 1 atom stereocenters. The van der Waals surface area contributed by atoms with Gasteiger partial charge in [-0.3, -0.25) is 0 Å². The molecule has 0 aliphatic carbocycles. The highest BCUT2D eigenvalue weighted by molar-refractivity contribution is 6.31. The Hall–Kier alpha value is -1.22. The van der Waals surface area contributed by atoms with Crippen LogP contribution in [0.5, 0.6) is 0 Å². The molecule has 106 valence electrons. The molecule has 0 saturated heterocycles. The Morgan fingerprint density at radius 2 is 2.00 bits per heavy atom. The molecule has 1 aromatic rings. The molecule has 0 radical (unpaired) electrons. The number of urea groups is 1. The number of nitrogens with zero attached hydrogens (tertiary/aromatic N) is 1. The summed E-state index contributed by atoms with van der Waals surface area (Å²) >= 11 is 5.95. The minimum atomic E-state index is -0.0986. The van der Waals surface area contributed by atoms with Crippen molar-refractivity contribution in [3.63, 3.8) is 0 Å². The number of hydrogen-bond donors (Lipinski definition) is 1. The molecule has 0 spiro atoms. The zero-order chi connectivity index (χ0) is 14.6. The molecule has 0 aliphatic heterocycles. The summed E-state index contributed by atoms with van der Waals surface area (Å²) in [4.78, 5) is 13.9. The maximum absolute atomic E-state index is 12.2. The van der Waals surface area contributed by atoms with Gasteiger partial charge in [0.15, 0.2) is 0 Å². The Morgan fingerprint density at radius 1 is 1.37 bits per heavy atom. The predicted molar refractivity (Wildman–Crippen MR) is 81.9 cm³/mol. The summed E-state index contributed by atoms with van der Waals surface area (Å²) in [6, 6.07) is 5.60. The first kappa shape index (κ1) is 15.8. The van der Waals surface area contributed by atoms with Gasteiger partial charge in [-0.2, -0.15) is 0 Å². The maximum Gasteiger partial charge on any atom is 0.321 e. The summed E-state index contributed by atoms with van der Waals surface area (Å²) in [6.07, 6.45) is 0.985. The lowest BCUT2D eigenvalue weighted by Crippen LogP contribution is -2.39. The van der Waals surface area contributed by atoms with Crippen molar-refractivity contribution in [1.82, 2.24) is 4.90 Å². The Kier molecular flexibility index (Phi) is 5.67. The summed E-state index contributed by atoms with van der Waals surface area (Å²) in [7, 11) is 1.82. The van der Waals surface area contributed by atoms with Gasteiger partial charge >= 0.3 is 6.03 Å². The summed E-state index contributed by atoms with van der Waals surface area (Å²) in [5.41, 5.74) is 1.77. The van der Waals surface area contributed by atoms with Gasteiger partial charge < -0.3 is 10.2 Å². The number of benzene rings is 1. The lowest BCUT2D eigenvalue weighted by Gasteiger charge is -2.26. The zero-order valence-electron chi connectivity index (χ0n) is 12.3. The third-order valence-electron chi connectivity index (χ3n) is 3.24. The van der Waals surface area contributed by atoms with Gasteiger partial charge in [0.25, 0.3) is 0 Å². The molecule has 0 heterocycles. The molecule has 0 bridgehead atoms. The second kappa shape index (κ2) is 6.80. The summed E-state index contributed by atoms with van der Waals surface area (Å²) in [5, 5.41) is 3.53. The van der Waals surface area contributed by atoms with E-state index in [-0.39, 0.29) is 12.1 Å². The monoisotopic (exact) mass is 282 g/mol. The molecular formula is C15H23ClN2O. The quantitative estimate of drug-likeness (QED) is 0.863. The highest BCUT2D eigenvalue weighted by Crippen LogP contribution is 2.21. The van der Waals surface area contributed by atoms with E-state index in [1.165, 1.54) is 0 Å². The third-order valence-corrected chi connectivity index (χ3v) is 3.47. The number of anilines is 1. The second-order valence-electron chi connectivity index (χ2n) is 5.48. The Balaban J connectivity index is 2.71. The molecule has 0 aromatic heterocycles. The van der Waals surface area contributed by atoms with Gasteiger partial charge in [0.05, 0.1) is 0 Å². The van der Waals surface area contributed by atoms with Crippen molar-refractivity contribution in [2.24, 2.45) is 5.92 Å². The first-order chi connectivity index (χ1) is 8.81. The van der Waals surface area contributed by atoms with Crippen LogP contribution in [0.3, 0.4) is 0 Å². The highest BCUT2D eigenvalue weighted by Gasteiger charge is 2.17. The Bertz CT molecular complexity index is 446. The van der Waals surface area contributed by atoms with Crippen molar-refractivity contribution in [3.05, 3.63) is 28.8 Å². The number of halogens is 1. The fourth-order valence-electron chi connectivity index (χ4n) is 1.97. The van der Waals surface area contributed by atoms with E-state index in [1.54, 1.807) is 11.0 Å². The molecule has 0 fully saturated rings. The number of carbonyl (C=O) groups excluding carboxylic acids is 1. The van der Waals surface area contributed by atoms with Crippen LogP contribution in [-0.2, 0) is 0 Å². The molecule has 1 unspecified atom stereocenters. The van der Waals surface area contributed by atoms with Crippen LogP contribution in [0.1, 0.15) is 32.8 Å². The van der Waals surface area contributed by atoms with Crippen molar-refractivity contribution < 1.29 is 4.79 Å². The number of nitrogens with one attached hydrogen (secondary N) is 1. The van der Waals surface area contributed by atoms with Crippen molar-refractivity contribution in [3.8, 4) is 0 Å². The Labute approximate surface area is 120 Å². The van der Waals surface area contributed by atoms with E-state index in [2.05, 4.69) is 26.1 Å². The lowest BCUT2D eigenvalue weighted by molar-refractivity contribution is 0.200. The number of carbonyl (C=O) groups is 1. The minimum absolute atomic E-state index is 0.0986. The first-order valence-electron chi connectivity index (χ1n) is 6.61. The summed E-state index contributed by atoms with van der Waals surface area (Å²) < 4.78 is 0. The molecule has 0 aliphatic rings. The van der Waals surface area contributed by atoms with Crippen LogP contribution < -0.4 is 5.32 Å². The van der Waals surface area contributed by atoms with E-state index in [4.69, 9.17) is 11.6 Å². The smallest absolute Gasteiger partial charge is 0.321 e. The van der Waals surface area contributed by atoms with Gasteiger partial charge in [0, 0.05) is 23.8 Å². The zero-order valence-corrected chi connectivity index (χ0v) is 13.1. The van der Waals surface area contributed by atoms with Crippen molar-refractivity contribution in [2.75, 3.05) is 12.4 Å². The molecule has 19 heavy (non-hydrogen) atoms. The van der Waals surface area contributed by atoms with E-state index in [0.717, 1.165) is 17.7 Å². The molecular weight excluding hydrogens is 260 g/mol. The van der Waals surface area contributed by atoms with E-state index >= 15 is 0 Å². The SMILES string of the molecule is Cc1ccc(Cl)cc1NC(=O)N(C)C(C)CC(C)C. The average molecular weight is 283 g/mol. The second-order valence-corrected chi connectivity index (χ2v) is 5.92. The van der Waals surface area contributed by atoms with E-state index in [9.17, 15) is 4.79 Å². The maximum atomic E-state index is 12.2. The summed E-state index contributed by atoms with van der Waals surface area (Å²) in [6.45, 7) is 8.32. The van der Waals surface area contributed by atoms with Gasteiger partial charge in [0.2, 0.25) is 0 Å². The summed E-state index contributed by atoms with van der Waals surface area (Å²) in [5.74, 6) is 0.568. The van der Waals surface area contributed by atoms with Crippen LogP contribution in [0.15, 0.2) is 18.2 Å². The largest absolute Gasteiger partial charge is 0.325 e. The fraction of sp³-hybridized carbons (Fsp3) is 0.533. The van der Waals surface area contributed by atoms with E-state index in [0.29, 0.717) is 10.9 Å². The molecule has 1 rings (SSSR count). The van der Waals surface area contributed by atoms with Gasteiger partial charge in [-0.1, -0.05) is 31.5 Å². The molecule has 1 aromatic carbocycles. The highest BCUT2D eigenvalue weighted by atomic mass is 35.5. The fourth-order valence-corrected chi connectivity index (χ4v) is 2.14.